The Morgan fingerprint density at radius 2 is 1.93 bits per heavy atom. The molecule has 15 heavy (non-hydrogen) atoms. The van der Waals surface area contributed by atoms with Crippen molar-refractivity contribution in [3.63, 3.8) is 0 Å². The van der Waals surface area contributed by atoms with Gasteiger partial charge in [0.15, 0.2) is 0 Å². The van der Waals surface area contributed by atoms with E-state index in [1.165, 1.54) is 6.08 Å². The Morgan fingerprint density at radius 3 is 2.53 bits per heavy atom. The third kappa shape index (κ3) is 2.80. The number of ether oxygens (including phenoxy) is 1. The van der Waals surface area contributed by atoms with Gasteiger partial charge in [-0.3, -0.25) is 0 Å². The Balaban J connectivity index is 2.08. The SMILES string of the molecule is O=C1C=C(C=Cc2ccc(Br)cc2)CO1. The topological polar surface area (TPSA) is 26.3 Å². The monoisotopic (exact) mass is 264 g/mol. The minimum Gasteiger partial charge on any atom is -0.458 e. The average Bonchev–Trinajstić information content (AvgIpc) is 2.64. The molecule has 0 spiro atoms. The van der Waals surface area contributed by atoms with Crippen LogP contribution in [0.3, 0.4) is 0 Å². The highest BCUT2D eigenvalue weighted by atomic mass is 79.9. The Kier molecular flexibility index (Phi) is 3.02. The molecule has 0 unspecified atom stereocenters. The number of carbonyl (C=O) groups is 1. The van der Waals surface area contributed by atoms with Gasteiger partial charge in [-0.05, 0) is 23.3 Å². The third-order valence-electron chi connectivity index (χ3n) is 2.04. The summed E-state index contributed by atoms with van der Waals surface area (Å²) in [5.74, 6) is -0.259. The van der Waals surface area contributed by atoms with E-state index in [1.54, 1.807) is 0 Å². The van der Waals surface area contributed by atoms with Gasteiger partial charge in [0.2, 0.25) is 0 Å². The standard InChI is InChI=1S/C12H9BrO2/c13-11-5-3-9(4-6-11)1-2-10-7-12(14)15-8-10/h1-7H,8H2. The van der Waals surface area contributed by atoms with E-state index < -0.39 is 0 Å². The number of rotatable bonds is 2. The molecule has 76 valence electrons. The van der Waals surface area contributed by atoms with Gasteiger partial charge in [-0.2, -0.15) is 0 Å². The summed E-state index contributed by atoms with van der Waals surface area (Å²) in [5.41, 5.74) is 2.00. The molecule has 0 aromatic heterocycles. The van der Waals surface area contributed by atoms with Crippen molar-refractivity contribution in [1.29, 1.82) is 0 Å². The molecule has 0 aliphatic carbocycles. The van der Waals surface area contributed by atoms with Crippen LogP contribution in [0.25, 0.3) is 6.08 Å². The van der Waals surface area contributed by atoms with E-state index in [9.17, 15) is 4.79 Å². The number of hydrogen-bond donors (Lipinski definition) is 0. The fourth-order valence-electron chi connectivity index (χ4n) is 1.26. The Morgan fingerprint density at radius 1 is 1.20 bits per heavy atom. The highest BCUT2D eigenvalue weighted by molar-refractivity contribution is 9.10. The smallest absolute Gasteiger partial charge is 0.331 e. The minimum atomic E-state index is -0.259. The van der Waals surface area contributed by atoms with Crippen LogP contribution in [0.4, 0.5) is 0 Å². The second kappa shape index (κ2) is 4.45. The lowest BCUT2D eigenvalue weighted by molar-refractivity contribution is -0.134. The van der Waals surface area contributed by atoms with Crippen LogP contribution in [0.1, 0.15) is 5.56 Å². The summed E-state index contributed by atoms with van der Waals surface area (Å²) in [7, 11) is 0. The second-order valence-corrected chi connectivity index (χ2v) is 4.13. The van der Waals surface area contributed by atoms with Gasteiger partial charge in [0.25, 0.3) is 0 Å². The van der Waals surface area contributed by atoms with Crippen molar-refractivity contribution in [3.8, 4) is 0 Å². The normalized spacial score (nSPS) is 15.5. The zero-order chi connectivity index (χ0) is 10.7. The van der Waals surface area contributed by atoms with E-state index in [1.807, 2.05) is 36.4 Å². The molecule has 2 nitrogen and oxygen atoms in total. The van der Waals surface area contributed by atoms with Crippen molar-refractivity contribution < 1.29 is 9.53 Å². The van der Waals surface area contributed by atoms with Gasteiger partial charge in [0.1, 0.15) is 6.61 Å². The van der Waals surface area contributed by atoms with Gasteiger partial charge in [0, 0.05) is 10.5 Å². The van der Waals surface area contributed by atoms with E-state index in [4.69, 9.17) is 4.74 Å². The van der Waals surface area contributed by atoms with Gasteiger partial charge in [-0.25, -0.2) is 4.79 Å². The molecule has 3 heteroatoms. The quantitative estimate of drug-likeness (QED) is 0.768. The van der Waals surface area contributed by atoms with Crippen LogP contribution in [0.5, 0.6) is 0 Å². The molecule has 1 aromatic rings. The molecular weight excluding hydrogens is 256 g/mol. The van der Waals surface area contributed by atoms with Gasteiger partial charge in [0.05, 0.1) is 0 Å². The largest absolute Gasteiger partial charge is 0.458 e. The summed E-state index contributed by atoms with van der Waals surface area (Å²) < 4.78 is 5.84. The average molecular weight is 265 g/mol. The maximum atomic E-state index is 10.8. The van der Waals surface area contributed by atoms with Crippen molar-refractivity contribution in [2.45, 2.75) is 0 Å². The summed E-state index contributed by atoms with van der Waals surface area (Å²) in [5, 5.41) is 0. The number of halogens is 1. The van der Waals surface area contributed by atoms with Crippen LogP contribution in [0.15, 0.2) is 46.5 Å². The zero-order valence-electron chi connectivity index (χ0n) is 7.94. The van der Waals surface area contributed by atoms with Crippen LogP contribution >= 0.6 is 15.9 Å². The van der Waals surface area contributed by atoms with Crippen molar-refractivity contribution in [1.82, 2.24) is 0 Å². The summed E-state index contributed by atoms with van der Waals surface area (Å²) in [6.07, 6.45) is 5.36. The van der Waals surface area contributed by atoms with E-state index in [-0.39, 0.29) is 5.97 Å². The first-order valence-electron chi connectivity index (χ1n) is 4.55. The number of hydrogen-bond acceptors (Lipinski definition) is 2. The van der Waals surface area contributed by atoms with E-state index in [0.717, 1.165) is 15.6 Å². The molecule has 1 heterocycles. The molecule has 0 N–H and O–H groups in total. The second-order valence-electron chi connectivity index (χ2n) is 3.21. The number of cyclic esters (lactones) is 1. The van der Waals surface area contributed by atoms with Crippen molar-refractivity contribution in [3.05, 3.63) is 52.0 Å². The van der Waals surface area contributed by atoms with Crippen LogP contribution in [-0.2, 0) is 9.53 Å². The van der Waals surface area contributed by atoms with Crippen LogP contribution in [0, 0.1) is 0 Å². The molecule has 0 amide bonds. The van der Waals surface area contributed by atoms with Gasteiger partial charge in [-0.1, -0.05) is 40.2 Å². The minimum absolute atomic E-state index is 0.259. The molecule has 0 bridgehead atoms. The molecule has 1 aliphatic rings. The van der Waals surface area contributed by atoms with Crippen LogP contribution < -0.4 is 0 Å². The molecule has 0 saturated carbocycles. The van der Waals surface area contributed by atoms with Crippen LogP contribution in [0.2, 0.25) is 0 Å². The molecule has 2 rings (SSSR count). The fraction of sp³-hybridized carbons (Fsp3) is 0.0833. The zero-order valence-corrected chi connectivity index (χ0v) is 9.53. The van der Waals surface area contributed by atoms with E-state index in [2.05, 4.69) is 15.9 Å². The lowest BCUT2D eigenvalue weighted by Gasteiger charge is -1.94. The maximum absolute atomic E-state index is 10.8. The Bertz CT molecular complexity index is 429. The highest BCUT2D eigenvalue weighted by Gasteiger charge is 2.09. The lowest BCUT2D eigenvalue weighted by atomic mass is 10.2. The maximum Gasteiger partial charge on any atom is 0.331 e. The first-order valence-corrected chi connectivity index (χ1v) is 5.34. The predicted molar refractivity (Wildman–Crippen MR) is 62.2 cm³/mol. The van der Waals surface area contributed by atoms with Crippen molar-refractivity contribution >= 4 is 28.0 Å². The Labute approximate surface area is 96.4 Å². The lowest BCUT2D eigenvalue weighted by Crippen LogP contribution is -1.90. The summed E-state index contributed by atoms with van der Waals surface area (Å²) in [6, 6.07) is 7.95. The van der Waals surface area contributed by atoms with Gasteiger partial charge in [-0.15, -0.1) is 0 Å². The molecule has 1 aromatic carbocycles. The van der Waals surface area contributed by atoms with E-state index in [0.29, 0.717) is 6.61 Å². The molecule has 0 atom stereocenters. The number of benzene rings is 1. The summed E-state index contributed by atoms with van der Waals surface area (Å²) in [4.78, 5) is 10.8. The van der Waals surface area contributed by atoms with Crippen molar-refractivity contribution in [2.24, 2.45) is 0 Å². The third-order valence-corrected chi connectivity index (χ3v) is 2.57. The molecule has 0 radical (unpaired) electrons. The van der Waals surface area contributed by atoms with E-state index >= 15 is 0 Å². The fourth-order valence-corrected chi connectivity index (χ4v) is 1.53. The number of esters is 1. The highest BCUT2D eigenvalue weighted by Crippen LogP contribution is 2.13. The predicted octanol–water partition coefficient (Wildman–Crippen LogP) is 2.95. The molecular formula is C12H9BrO2. The molecule has 1 aliphatic heterocycles. The molecule has 0 fully saturated rings. The van der Waals surface area contributed by atoms with Gasteiger partial charge < -0.3 is 4.74 Å². The van der Waals surface area contributed by atoms with Crippen molar-refractivity contribution in [2.75, 3.05) is 6.61 Å². The van der Waals surface area contributed by atoms with Crippen LogP contribution in [-0.4, -0.2) is 12.6 Å². The summed E-state index contributed by atoms with van der Waals surface area (Å²) in [6.45, 7) is 0.381. The summed E-state index contributed by atoms with van der Waals surface area (Å²) >= 11 is 3.37. The number of carbonyl (C=O) groups excluding carboxylic acids is 1. The first kappa shape index (κ1) is 10.2. The van der Waals surface area contributed by atoms with Gasteiger partial charge >= 0.3 is 5.97 Å². The first-order chi connectivity index (χ1) is 7.24. The molecule has 0 saturated heterocycles. The Hall–Kier alpha value is -1.35.